The molecule has 0 bridgehead atoms. The van der Waals surface area contributed by atoms with Gasteiger partial charge in [0.05, 0.1) is 13.7 Å². The molecule has 0 aliphatic heterocycles. The normalized spacial score (nSPS) is 15.2. The minimum absolute atomic E-state index is 0. The van der Waals surface area contributed by atoms with E-state index in [4.69, 9.17) is 22.1 Å². The first-order chi connectivity index (χ1) is 11.5. The molecule has 25 heavy (non-hydrogen) atoms. The van der Waals surface area contributed by atoms with Crippen LogP contribution in [0.1, 0.15) is 18.4 Å². The zero-order chi connectivity index (χ0) is 17.2. The molecule has 7 heteroatoms. The summed E-state index contributed by atoms with van der Waals surface area (Å²) >= 11 is 6.18. The molecule has 134 valence electrons. The second-order valence-electron chi connectivity index (χ2n) is 5.96. The lowest BCUT2D eigenvalue weighted by atomic mass is 9.96. The number of aliphatic imine (C=N–C) groups is 1. The average Bonchev–Trinajstić information content (AvgIpc) is 3.34. The zero-order valence-corrected chi connectivity index (χ0v) is 16.8. The van der Waals surface area contributed by atoms with Gasteiger partial charge >= 0.3 is 0 Å². The van der Waals surface area contributed by atoms with Gasteiger partial charge in [-0.05, 0) is 42.7 Å². The predicted molar refractivity (Wildman–Crippen MR) is 111 cm³/mol. The van der Waals surface area contributed by atoms with Crippen molar-refractivity contribution in [1.29, 1.82) is 0 Å². The number of nitrogens with zero attached hydrogens (tertiary/aromatic N) is 1. The molecule has 1 fully saturated rings. The molecule has 3 N–H and O–H groups in total. The van der Waals surface area contributed by atoms with Gasteiger partial charge in [-0.1, -0.05) is 23.7 Å². The number of benzene rings is 2. The fourth-order valence-corrected chi connectivity index (χ4v) is 3.08. The van der Waals surface area contributed by atoms with Crippen molar-refractivity contribution in [3.8, 4) is 5.75 Å². The van der Waals surface area contributed by atoms with Crippen molar-refractivity contribution < 1.29 is 9.13 Å². The number of ether oxygens (including phenoxy) is 1. The SMILES string of the molecule is COc1cccc(NC(N)=NCC2(c3ccc(F)cc3Cl)CC2)c1.I. The highest BCUT2D eigenvalue weighted by atomic mass is 127. The van der Waals surface area contributed by atoms with E-state index in [1.54, 1.807) is 13.2 Å². The summed E-state index contributed by atoms with van der Waals surface area (Å²) in [5, 5.41) is 3.49. The molecule has 2 aromatic carbocycles. The lowest BCUT2D eigenvalue weighted by molar-refractivity contribution is 0.415. The van der Waals surface area contributed by atoms with E-state index >= 15 is 0 Å². The minimum atomic E-state index is -0.331. The third-order valence-corrected chi connectivity index (χ3v) is 4.56. The Bertz CT molecular complexity index is 781. The molecule has 0 saturated heterocycles. The van der Waals surface area contributed by atoms with Crippen LogP contribution in [-0.2, 0) is 5.41 Å². The van der Waals surface area contributed by atoms with Crippen molar-refractivity contribution >= 4 is 47.2 Å². The lowest BCUT2D eigenvalue weighted by Gasteiger charge is -2.15. The number of guanidine groups is 1. The zero-order valence-electron chi connectivity index (χ0n) is 13.8. The molecular formula is C18H20ClFIN3O. The highest BCUT2D eigenvalue weighted by Crippen LogP contribution is 2.50. The molecular weight excluding hydrogens is 456 g/mol. The first-order valence-corrected chi connectivity index (χ1v) is 8.07. The van der Waals surface area contributed by atoms with E-state index in [2.05, 4.69) is 10.3 Å². The molecule has 3 rings (SSSR count). The summed E-state index contributed by atoms with van der Waals surface area (Å²) in [5.41, 5.74) is 7.58. The Morgan fingerprint density at radius 2 is 2.08 bits per heavy atom. The number of rotatable bonds is 5. The number of nitrogens with two attached hydrogens (primary N) is 1. The summed E-state index contributed by atoms with van der Waals surface area (Å²) in [7, 11) is 1.61. The van der Waals surface area contributed by atoms with Crippen molar-refractivity contribution in [3.63, 3.8) is 0 Å². The topological polar surface area (TPSA) is 59.6 Å². The van der Waals surface area contributed by atoms with Gasteiger partial charge < -0.3 is 15.8 Å². The van der Waals surface area contributed by atoms with Crippen LogP contribution in [0, 0.1) is 5.82 Å². The molecule has 1 aliphatic carbocycles. The molecule has 2 aromatic rings. The van der Waals surface area contributed by atoms with Crippen LogP contribution in [0.2, 0.25) is 5.02 Å². The molecule has 0 amide bonds. The molecule has 0 unspecified atom stereocenters. The van der Waals surface area contributed by atoms with E-state index < -0.39 is 0 Å². The van der Waals surface area contributed by atoms with E-state index in [1.165, 1.54) is 12.1 Å². The molecule has 1 saturated carbocycles. The molecule has 0 atom stereocenters. The monoisotopic (exact) mass is 475 g/mol. The van der Waals surface area contributed by atoms with Gasteiger partial charge in [0.1, 0.15) is 11.6 Å². The van der Waals surface area contributed by atoms with E-state index in [9.17, 15) is 4.39 Å². The predicted octanol–water partition coefficient (Wildman–Crippen LogP) is 4.56. The van der Waals surface area contributed by atoms with Crippen molar-refractivity contribution in [2.75, 3.05) is 19.0 Å². The van der Waals surface area contributed by atoms with Gasteiger partial charge in [0.2, 0.25) is 0 Å². The minimum Gasteiger partial charge on any atom is -0.497 e. The number of hydrogen-bond donors (Lipinski definition) is 2. The van der Waals surface area contributed by atoms with Gasteiger partial charge in [-0.15, -0.1) is 24.0 Å². The molecule has 0 heterocycles. The van der Waals surface area contributed by atoms with Gasteiger partial charge in [0.15, 0.2) is 5.96 Å². The highest BCUT2D eigenvalue weighted by molar-refractivity contribution is 14.0. The maximum Gasteiger partial charge on any atom is 0.193 e. The third-order valence-electron chi connectivity index (χ3n) is 4.25. The van der Waals surface area contributed by atoms with Crippen LogP contribution in [0.15, 0.2) is 47.5 Å². The second kappa shape index (κ2) is 8.23. The fraction of sp³-hybridized carbons (Fsp3) is 0.278. The Morgan fingerprint density at radius 3 is 2.72 bits per heavy atom. The van der Waals surface area contributed by atoms with Crippen molar-refractivity contribution in [1.82, 2.24) is 0 Å². The summed E-state index contributed by atoms with van der Waals surface area (Å²) < 4.78 is 18.4. The first kappa shape index (κ1) is 19.8. The average molecular weight is 476 g/mol. The van der Waals surface area contributed by atoms with E-state index in [0.29, 0.717) is 17.5 Å². The maximum absolute atomic E-state index is 13.2. The van der Waals surface area contributed by atoms with Crippen LogP contribution in [0.25, 0.3) is 0 Å². The Labute approximate surface area is 168 Å². The van der Waals surface area contributed by atoms with Crippen LogP contribution in [0.5, 0.6) is 5.75 Å². The first-order valence-electron chi connectivity index (χ1n) is 7.69. The smallest absolute Gasteiger partial charge is 0.193 e. The molecule has 0 radical (unpaired) electrons. The summed E-state index contributed by atoms with van der Waals surface area (Å²) in [6, 6.07) is 12.0. The summed E-state index contributed by atoms with van der Waals surface area (Å²) in [5.74, 6) is 0.736. The third kappa shape index (κ3) is 4.76. The van der Waals surface area contributed by atoms with Gasteiger partial charge in [-0.25, -0.2) is 4.39 Å². The van der Waals surface area contributed by atoms with Crippen molar-refractivity contribution in [3.05, 3.63) is 58.9 Å². The number of anilines is 1. The standard InChI is InChI=1S/C18H19ClFN3O.HI/c1-24-14-4-2-3-13(10-14)23-17(21)22-11-18(7-8-18)15-6-5-12(20)9-16(15)19;/h2-6,9-10H,7-8,11H2,1H3,(H3,21,22,23);1H. The largest absolute Gasteiger partial charge is 0.497 e. The van der Waals surface area contributed by atoms with Gasteiger partial charge in [-0.3, -0.25) is 4.99 Å². The Kier molecular flexibility index (Phi) is 6.51. The Balaban J connectivity index is 0.00000225. The van der Waals surface area contributed by atoms with Crippen LogP contribution >= 0.6 is 35.6 Å². The van der Waals surface area contributed by atoms with Crippen LogP contribution in [0.3, 0.4) is 0 Å². The quantitative estimate of drug-likeness (QED) is 0.378. The lowest BCUT2D eigenvalue weighted by Crippen LogP contribution is -2.25. The molecule has 1 aliphatic rings. The van der Waals surface area contributed by atoms with E-state index in [-0.39, 0.29) is 35.2 Å². The number of halogens is 3. The maximum atomic E-state index is 13.2. The summed E-state index contributed by atoms with van der Waals surface area (Å²) in [6.45, 7) is 0.515. The fourth-order valence-electron chi connectivity index (χ4n) is 2.71. The highest BCUT2D eigenvalue weighted by Gasteiger charge is 2.45. The number of methoxy groups -OCH3 is 1. The molecule has 0 aromatic heterocycles. The van der Waals surface area contributed by atoms with Crippen molar-refractivity contribution in [2.45, 2.75) is 18.3 Å². The Hall–Kier alpha value is -1.54. The van der Waals surface area contributed by atoms with E-state index in [1.807, 2.05) is 24.3 Å². The summed E-state index contributed by atoms with van der Waals surface area (Å²) in [6.07, 6.45) is 1.93. The van der Waals surface area contributed by atoms with Gasteiger partial charge in [-0.2, -0.15) is 0 Å². The second-order valence-corrected chi connectivity index (χ2v) is 6.37. The van der Waals surface area contributed by atoms with Gasteiger partial charge in [0.25, 0.3) is 0 Å². The Morgan fingerprint density at radius 1 is 1.32 bits per heavy atom. The summed E-state index contributed by atoms with van der Waals surface area (Å²) in [4.78, 5) is 4.44. The number of nitrogens with one attached hydrogen (secondary N) is 1. The van der Waals surface area contributed by atoms with Crippen LogP contribution in [-0.4, -0.2) is 19.6 Å². The van der Waals surface area contributed by atoms with Crippen LogP contribution < -0.4 is 15.8 Å². The molecule has 0 spiro atoms. The number of hydrogen-bond acceptors (Lipinski definition) is 2. The van der Waals surface area contributed by atoms with Gasteiger partial charge in [0, 0.05) is 22.2 Å². The van der Waals surface area contributed by atoms with E-state index in [0.717, 1.165) is 29.8 Å². The molecule has 4 nitrogen and oxygen atoms in total. The van der Waals surface area contributed by atoms with Crippen LogP contribution in [0.4, 0.5) is 10.1 Å². The van der Waals surface area contributed by atoms with Crippen molar-refractivity contribution in [2.24, 2.45) is 10.7 Å².